The first-order valence-electron chi connectivity index (χ1n) is 10.9. The van der Waals surface area contributed by atoms with Crippen LogP contribution in [0, 0.1) is 11.8 Å². The molecule has 178 valence electrons. The fourth-order valence-corrected chi connectivity index (χ4v) is 4.60. The minimum absolute atomic E-state index is 0.263. The number of hydrogen-bond acceptors (Lipinski definition) is 8. The first kappa shape index (κ1) is 24.4. The van der Waals surface area contributed by atoms with Crippen LogP contribution in [0.1, 0.15) is 45.6 Å². The van der Waals surface area contributed by atoms with E-state index >= 15 is 0 Å². The van der Waals surface area contributed by atoms with Crippen molar-refractivity contribution in [1.29, 1.82) is 0 Å². The number of rotatable bonds is 6. The molecule has 0 aromatic heterocycles. The maximum atomic E-state index is 13.8. The molecule has 1 heterocycles. The summed E-state index contributed by atoms with van der Waals surface area (Å²) in [6.45, 7) is 7.14. The molecule has 2 aliphatic rings. The molecule has 0 amide bonds. The Morgan fingerprint density at radius 2 is 1.82 bits per heavy atom. The molecule has 0 radical (unpaired) electrons. The fraction of sp³-hybridized carbons (Fsp3) is 0.480. The van der Waals surface area contributed by atoms with Crippen molar-refractivity contribution >= 4 is 17.7 Å². The number of esters is 2. The van der Waals surface area contributed by atoms with Gasteiger partial charge < -0.3 is 24.3 Å². The Kier molecular flexibility index (Phi) is 7.15. The number of ether oxygens (including phenoxy) is 4. The van der Waals surface area contributed by atoms with Crippen molar-refractivity contribution in [2.24, 2.45) is 11.8 Å². The summed E-state index contributed by atoms with van der Waals surface area (Å²) in [4.78, 5) is 39.5. The van der Waals surface area contributed by atoms with Gasteiger partial charge in [0.2, 0.25) is 0 Å². The van der Waals surface area contributed by atoms with Gasteiger partial charge in [0.05, 0.1) is 38.9 Å². The smallest absolute Gasteiger partial charge is 0.337 e. The zero-order valence-corrected chi connectivity index (χ0v) is 20.1. The topological polar surface area (TPSA) is 100 Å². The van der Waals surface area contributed by atoms with Crippen molar-refractivity contribution in [2.75, 3.05) is 21.3 Å². The molecule has 0 unspecified atom stereocenters. The molecule has 1 aromatic carbocycles. The average Bonchev–Trinajstić information content (AvgIpc) is 2.76. The molecule has 0 fully saturated rings. The van der Waals surface area contributed by atoms with Gasteiger partial charge in [-0.05, 0) is 51.3 Å². The number of ketones is 1. The van der Waals surface area contributed by atoms with Crippen molar-refractivity contribution in [3.63, 3.8) is 0 Å². The lowest BCUT2D eigenvalue weighted by Crippen LogP contribution is -2.43. The van der Waals surface area contributed by atoms with E-state index in [2.05, 4.69) is 5.32 Å². The maximum Gasteiger partial charge on any atom is 0.337 e. The number of allylic oxidation sites excluding steroid dienone is 3. The van der Waals surface area contributed by atoms with Crippen molar-refractivity contribution in [1.82, 2.24) is 5.32 Å². The Morgan fingerprint density at radius 3 is 2.39 bits per heavy atom. The number of carbonyl (C=O) groups is 3. The lowest BCUT2D eigenvalue weighted by atomic mass is 9.69. The monoisotopic (exact) mass is 457 g/mol. The normalized spacial score (nSPS) is 22.5. The Labute approximate surface area is 193 Å². The molecular weight excluding hydrogens is 426 g/mol. The predicted molar refractivity (Wildman–Crippen MR) is 121 cm³/mol. The molecule has 33 heavy (non-hydrogen) atoms. The van der Waals surface area contributed by atoms with Gasteiger partial charge in [0.15, 0.2) is 5.78 Å². The Morgan fingerprint density at radius 1 is 1.12 bits per heavy atom. The summed E-state index contributed by atoms with van der Waals surface area (Å²) in [5.74, 6) is -2.51. The second-order valence-corrected chi connectivity index (χ2v) is 8.60. The zero-order chi connectivity index (χ0) is 24.4. The standard InChI is InChI=1S/C25H31NO7/c1-12(2)33-25(29)20-14(4)26-17-10-13(3)19(24(28)32-7)23(27)22(17)21(20)16-11-15(30-5)8-9-18(16)31-6/h8-9,11-13,19,21,26H,10H2,1-7H3/t13-,19-,21+/m1/s1. The summed E-state index contributed by atoms with van der Waals surface area (Å²) in [6, 6.07) is 5.21. The van der Waals surface area contributed by atoms with Crippen molar-refractivity contribution in [3.8, 4) is 11.5 Å². The van der Waals surface area contributed by atoms with Gasteiger partial charge in [0, 0.05) is 22.5 Å². The van der Waals surface area contributed by atoms with Crippen LogP contribution in [0.5, 0.6) is 11.5 Å². The number of methoxy groups -OCH3 is 3. The second-order valence-electron chi connectivity index (χ2n) is 8.60. The molecular formula is C25H31NO7. The quantitative estimate of drug-likeness (QED) is 0.513. The van der Waals surface area contributed by atoms with E-state index in [9.17, 15) is 14.4 Å². The highest BCUT2D eigenvalue weighted by Crippen LogP contribution is 2.48. The first-order chi connectivity index (χ1) is 15.6. The van der Waals surface area contributed by atoms with E-state index in [1.165, 1.54) is 21.3 Å². The summed E-state index contributed by atoms with van der Waals surface area (Å²) in [5.41, 5.74) is 2.48. The molecule has 3 atom stereocenters. The molecule has 3 rings (SSSR count). The maximum absolute atomic E-state index is 13.8. The van der Waals surface area contributed by atoms with Gasteiger partial charge in [-0.15, -0.1) is 0 Å². The highest BCUT2D eigenvalue weighted by molar-refractivity contribution is 6.12. The molecule has 1 N–H and O–H groups in total. The van der Waals surface area contributed by atoms with Crippen LogP contribution in [0.25, 0.3) is 0 Å². The first-order valence-corrected chi connectivity index (χ1v) is 10.9. The van der Waals surface area contributed by atoms with E-state index in [4.69, 9.17) is 18.9 Å². The van der Waals surface area contributed by atoms with Gasteiger partial charge in [0.1, 0.15) is 17.4 Å². The number of dihydropyridines is 1. The lowest BCUT2D eigenvalue weighted by Gasteiger charge is -2.38. The molecule has 1 aliphatic heterocycles. The molecule has 8 heteroatoms. The van der Waals surface area contributed by atoms with E-state index in [1.807, 2.05) is 6.92 Å². The van der Waals surface area contributed by atoms with Crippen LogP contribution in [0.4, 0.5) is 0 Å². The highest BCUT2D eigenvalue weighted by atomic mass is 16.5. The van der Waals surface area contributed by atoms with Crippen molar-refractivity contribution in [3.05, 3.63) is 46.3 Å². The Bertz CT molecular complexity index is 1040. The third kappa shape index (κ3) is 4.47. The van der Waals surface area contributed by atoms with Crippen molar-refractivity contribution in [2.45, 2.75) is 46.1 Å². The Hall–Kier alpha value is -3.29. The number of hydrogen-bond donors (Lipinski definition) is 1. The molecule has 0 bridgehead atoms. The van der Waals surface area contributed by atoms with Crippen LogP contribution in [0.3, 0.4) is 0 Å². The number of Topliss-reactive ketones (excluding diaryl/α,β-unsaturated/α-hetero) is 1. The van der Waals surface area contributed by atoms with E-state index in [-0.39, 0.29) is 17.8 Å². The summed E-state index contributed by atoms with van der Waals surface area (Å²) in [5, 5.41) is 3.24. The Balaban J connectivity index is 2.28. The number of nitrogens with one attached hydrogen (secondary N) is 1. The van der Waals surface area contributed by atoms with Gasteiger partial charge >= 0.3 is 11.9 Å². The zero-order valence-electron chi connectivity index (χ0n) is 20.1. The van der Waals surface area contributed by atoms with Crippen LogP contribution in [-0.4, -0.2) is 45.2 Å². The SMILES string of the molecule is COC(=O)[C@H]1C(=O)C2=C(C[C@H]1C)NC(C)=C(C(=O)OC(C)C)[C@@H]2c1cc(OC)ccc1OC. The molecule has 0 saturated heterocycles. The third-order valence-electron chi connectivity index (χ3n) is 6.05. The van der Waals surface area contributed by atoms with Crippen LogP contribution in [0.2, 0.25) is 0 Å². The largest absolute Gasteiger partial charge is 0.497 e. The third-order valence-corrected chi connectivity index (χ3v) is 6.05. The van der Waals surface area contributed by atoms with E-state index in [0.717, 1.165) is 0 Å². The van der Waals surface area contributed by atoms with Crippen LogP contribution < -0.4 is 14.8 Å². The highest BCUT2D eigenvalue weighted by Gasteiger charge is 2.48. The van der Waals surface area contributed by atoms with Gasteiger partial charge in [-0.1, -0.05) is 6.92 Å². The lowest BCUT2D eigenvalue weighted by molar-refractivity contribution is -0.151. The molecule has 8 nitrogen and oxygen atoms in total. The minimum Gasteiger partial charge on any atom is -0.497 e. The average molecular weight is 458 g/mol. The second kappa shape index (κ2) is 9.68. The molecule has 1 aromatic rings. The summed E-state index contributed by atoms with van der Waals surface area (Å²) in [7, 11) is 4.32. The molecule has 0 spiro atoms. The molecule has 1 aliphatic carbocycles. The van der Waals surface area contributed by atoms with E-state index < -0.39 is 23.8 Å². The van der Waals surface area contributed by atoms with Crippen LogP contribution in [-0.2, 0) is 23.9 Å². The predicted octanol–water partition coefficient (Wildman–Crippen LogP) is 3.27. The van der Waals surface area contributed by atoms with Gasteiger partial charge in [-0.25, -0.2) is 4.79 Å². The van der Waals surface area contributed by atoms with Crippen molar-refractivity contribution < 1.29 is 33.3 Å². The minimum atomic E-state index is -0.963. The summed E-state index contributed by atoms with van der Waals surface area (Å²) >= 11 is 0. The van der Waals surface area contributed by atoms with Gasteiger partial charge in [-0.3, -0.25) is 9.59 Å². The molecule has 0 saturated carbocycles. The van der Waals surface area contributed by atoms with E-state index in [1.54, 1.807) is 39.0 Å². The van der Waals surface area contributed by atoms with Crippen LogP contribution >= 0.6 is 0 Å². The van der Waals surface area contributed by atoms with Gasteiger partial charge in [0.25, 0.3) is 0 Å². The van der Waals surface area contributed by atoms with Crippen LogP contribution in [0.15, 0.2) is 40.7 Å². The summed E-state index contributed by atoms with van der Waals surface area (Å²) in [6.07, 6.45) is 0.0962. The fourth-order valence-electron chi connectivity index (χ4n) is 4.60. The summed E-state index contributed by atoms with van der Waals surface area (Å²) < 4.78 is 21.5. The van der Waals surface area contributed by atoms with Gasteiger partial charge in [-0.2, -0.15) is 0 Å². The number of benzene rings is 1. The van der Waals surface area contributed by atoms with E-state index in [0.29, 0.717) is 46.0 Å². The number of carbonyl (C=O) groups excluding carboxylic acids is 3.